The van der Waals surface area contributed by atoms with E-state index in [0.29, 0.717) is 48.4 Å². The topological polar surface area (TPSA) is 59.1 Å². The first kappa shape index (κ1) is 19.4. The second-order valence-electron chi connectivity index (χ2n) is 7.79. The predicted octanol–water partition coefficient (Wildman–Crippen LogP) is 3.37. The lowest BCUT2D eigenvalue weighted by molar-refractivity contribution is -0.136. The van der Waals surface area contributed by atoms with Crippen LogP contribution in [0.2, 0.25) is 5.02 Å². The van der Waals surface area contributed by atoms with E-state index in [2.05, 4.69) is 0 Å². The summed E-state index contributed by atoms with van der Waals surface area (Å²) < 4.78 is 11.1. The van der Waals surface area contributed by atoms with E-state index in [-0.39, 0.29) is 17.7 Å². The van der Waals surface area contributed by atoms with Gasteiger partial charge < -0.3 is 19.3 Å². The van der Waals surface area contributed by atoms with Gasteiger partial charge in [-0.15, -0.1) is 0 Å². The maximum absolute atomic E-state index is 12.9. The molecule has 1 aromatic carbocycles. The Balaban J connectivity index is 1.37. The van der Waals surface area contributed by atoms with Gasteiger partial charge in [0.1, 0.15) is 13.2 Å². The number of piperidine rings is 1. The van der Waals surface area contributed by atoms with Gasteiger partial charge in [-0.25, -0.2) is 0 Å². The molecule has 0 unspecified atom stereocenters. The van der Waals surface area contributed by atoms with Crippen molar-refractivity contribution in [1.29, 1.82) is 0 Å². The second-order valence-corrected chi connectivity index (χ2v) is 8.20. The molecule has 0 aromatic heterocycles. The minimum Gasteiger partial charge on any atom is -0.486 e. The Morgan fingerprint density at radius 1 is 0.893 bits per heavy atom. The van der Waals surface area contributed by atoms with Gasteiger partial charge >= 0.3 is 0 Å². The molecule has 0 atom stereocenters. The number of carbonyl (C=O) groups excluding carboxylic acids is 2. The number of rotatable bonds is 2. The maximum Gasteiger partial charge on any atom is 0.254 e. The highest BCUT2D eigenvalue weighted by molar-refractivity contribution is 6.32. The van der Waals surface area contributed by atoms with E-state index in [1.54, 1.807) is 12.1 Å². The van der Waals surface area contributed by atoms with Crippen molar-refractivity contribution in [2.75, 3.05) is 39.4 Å². The maximum atomic E-state index is 12.9. The molecule has 2 saturated heterocycles. The first-order valence-electron chi connectivity index (χ1n) is 10.3. The Morgan fingerprint density at radius 2 is 1.57 bits per heavy atom. The highest BCUT2D eigenvalue weighted by atomic mass is 35.5. The molecule has 0 N–H and O–H groups in total. The molecule has 0 saturated carbocycles. The monoisotopic (exact) mass is 406 g/mol. The van der Waals surface area contributed by atoms with Crippen molar-refractivity contribution in [3.63, 3.8) is 0 Å². The minimum absolute atomic E-state index is 0.0333. The summed E-state index contributed by atoms with van der Waals surface area (Å²) in [6, 6.07) is 3.35. The molecule has 7 heteroatoms. The molecule has 152 valence electrons. The van der Waals surface area contributed by atoms with Crippen molar-refractivity contribution < 1.29 is 19.1 Å². The summed E-state index contributed by atoms with van der Waals surface area (Å²) in [5.74, 6) is 1.27. The van der Waals surface area contributed by atoms with Crippen LogP contribution < -0.4 is 9.47 Å². The lowest BCUT2D eigenvalue weighted by Gasteiger charge is -2.34. The summed E-state index contributed by atoms with van der Waals surface area (Å²) in [6.07, 6.45) is 6.09. The molecule has 0 spiro atoms. The van der Waals surface area contributed by atoms with Gasteiger partial charge in [0, 0.05) is 37.7 Å². The van der Waals surface area contributed by atoms with Crippen molar-refractivity contribution in [2.45, 2.75) is 38.5 Å². The Morgan fingerprint density at radius 3 is 2.29 bits per heavy atom. The molecular weight excluding hydrogens is 380 g/mol. The fourth-order valence-corrected chi connectivity index (χ4v) is 4.56. The van der Waals surface area contributed by atoms with E-state index in [9.17, 15) is 9.59 Å². The molecule has 2 amide bonds. The van der Waals surface area contributed by atoms with E-state index < -0.39 is 0 Å². The Bertz CT molecular complexity index is 738. The van der Waals surface area contributed by atoms with Crippen LogP contribution in [0.25, 0.3) is 0 Å². The van der Waals surface area contributed by atoms with E-state index >= 15 is 0 Å². The summed E-state index contributed by atoms with van der Waals surface area (Å²) in [5.41, 5.74) is 0.506. The van der Waals surface area contributed by atoms with Gasteiger partial charge in [0.2, 0.25) is 5.91 Å². The summed E-state index contributed by atoms with van der Waals surface area (Å²) in [6.45, 7) is 3.86. The van der Waals surface area contributed by atoms with Crippen LogP contribution in [-0.4, -0.2) is 61.0 Å². The molecule has 6 nitrogen and oxygen atoms in total. The lowest BCUT2D eigenvalue weighted by atomic mass is 9.94. The molecule has 4 rings (SSSR count). The number of halogens is 1. The van der Waals surface area contributed by atoms with E-state index in [1.165, 1.54) is 12.8 Å². The van der Waals surface area contributed by atoms with Crippen LogP contribution >= 0.6 is 11.6 Å². The molecule has 1 aromatic rings. The molecule has 3 aliphatic heterocycles. The quantitative estimate of drug-likeness (QED) is 0.755. The van der Waals surface area contributed by atoms with Crippen LogP contribution in [0.1, 0.15) is 48.9 Å². The highest BCUT2D eigenvalue weighted by Gasteiger charge is 2.31. The lowest BCUT2D eigenvalue weighted by Crippen LogP contribution is -2.44. The zero-order chi connectivity index (χ0) is 19.5. The van der Waals surface area contributed by atoms with Crippen LogP contribution in [-0.2, 0) is 4.79 Å². The number of likely N-dealkylation sites (tertiary alicyclic amines) is 2. The Labute approximate surface area is 170 Å². The Hall–Kier alpha value is -1.95. The van der Waals surface area contributed by atoms with E-state index in [4.69, 9.17) is 21.1 Å². The fraction of sp³-hybridized carbons (Fsp3) is 0.619. The van der Waals surface area contributed by atoms with Gasteiger partial charge in [-0.1, -0.05) is 24.4 Å². The minimum atomic E-state index is -0.0699. The number of fused-ring (bicyclic) bond motifs is 1. The van der Waals surface area contributed by atoms with Crippen molar-refractivity contribution in [3.05, 3.63) is 22.7 Å². The van der Waals surface area contributed by atoms with Gasteiger partial charge in [0.15, 0.2) is 11.5 Å². The van der Waals surface area contributed by atoms with Crippen molar-refractivity contribution in [1.82, 2.24) is 9.80 Å². The van der Waals surface area contributed by atoms with Gasteiger partial charge in [-0.3, -0.25) is 9.59 Å². The van der Waals surface area contributed by atoms with Crippen LogP contribution in [0, 0.1) is 5.92 Å². The normalized spacial score (nSPS) is 20.6. The second kappa shape index (κ2) is 8.60. The number of nitrogens with zero attached hydrogens (tertiary/aromatic N) is 2. The van der Waals surface area contributed by atoms with Crippen LogP contribution in [0.3, 0.4) is 0 Å². The first-order chi connectivity index (χ1) is 13.6. The molecule has 0 bridgehead atoms. The standard InChI is InChI=1S/C21H27ClN2O4/c22-17-13-16(14-18-19(17)28-12-11-27-18)21(26)24-9-5-15(6-10-24)20(25)23-7-3-1-2-4-8-23/h13-15H,1-12H2. The fourth-order valence-electron chi connectivity index (χ4n) is 4.30. The summed E-state index contributed by atoms with van der Waals surface area (Å²) in [7, 11) is 0. The summed E-state index contributed by atoms with van der Waals surface area (Å²) in [5, 5.41) is 0.395. The average Bonchev–Trinajstić information content (AvgIpc) is 3.02. The number of amides is 2. The zero-order valence-corrected chi connectivity index (χ0v) is 16.9. The third-order valence-electron chi connectivity index (χ3n) is 5.89. The molecular formula is C21H27ClN2O4. The smallest absolute Gasteiger partial charge is 0.254 e. The van der Waals surface area contributed by atoms with Gasteiger partial charge in [-0.2, -0.15) is 0 Å². The third-order valence-corrected chi connectivity index (χ3v) is 6.17. The molecule has 28 heavy (non-hydrogen) atoms. The number of ether oxygens (including phenoxy) is 2. The van der Waals surface area contributed by atoms with Crippen molar-refractivity contribution in [2.24, 2.45) is 5.92 Å². The third kappa shape index (κ3) is 4.07. The molecule has 3 heterocycles. The zero-order valence-electron chi connectivity index (χ0n) is 16.1. The van der Waals surface area contributed by atoms with Gasteiger partial charge in [0.05, 0.1) is 5.02 Å². The van der Waals surface area contributed by atoms with Crippen LogP contribution in [0.15, 0.2) is 12.1 Å². The summed E-state index contributed by atoms with van der Waals surface area (Å²) in [4.78, 5) is 29.6. The Kier molecular flexibility index (Phi) is 5.95. The average molecular weight is 407 g/mol. The first-order valence-corrected chi connectivity index (χ1v) is 10.7. The number of hydrogen-bond acceptors (Lipinski definition) is 4. The molecule has 3 aliphatic rings. The summed E-state index contributed by atoms with van der Waals surface area (Å²) >= 11 is 6.27. The van der Waals surface area contributed by atoms with E-state index in [0.717, 1.165) is 38.8 Å². The molecule has 0 aliphatic carbocycles. The van der Waals surface area contributed by atoms with Crippen LogP contribution in [0.5, 0.6) is 11.5 Å². The van der Waals surface area contributed by atoms with Gasteiger partial charge in [0.25, 0.3) is 5.91 Å². The van der Waals surface area contributed by atoms with Crippen LogP contribution in [0.4, 0.5) is 0 Å². The SMILES string of the molecule is O=C(c1cc(Cl)c2c(c1)OCCO2)N1CCC(C(=O)N2CCCCCC2)CC1. The predicted molar refractivity (Wildman–Crippen MR) is 106 cm³/mol. The van der Waals surface area contributed by atoms with Crippen molar-refractivity contribution in [3.8, 4) is 11.5 Å². The van der Waals surface area contributed by atoms with Crippen molar-refractivity contribution >= 4 is 23.4 Å². The molecule has 2 fully saturated rings. The van der Waals surface area contributed by atoms with Gasteiger partial charge in [-0.05, 0) is 37.8 Å². The highest BCUT2D eigenvalue weighted by Crippen LogP contribution is 2.38. The largest absolute Gasteiger partial charge is 0.486 e. The van der Waals surface area contributed by atoms with E-state index in [1.807, 2.05) is 9.80 Å². The number of carbonyl (C=O) groups is 2. The number of benzene rings is 1. The number of hydrogen-bond donors (Lipinski definition) is 0. The molecule has 0 radical (unpaired) electrons.